The number of benzene rings is 1. The minimum absolute atomic E-state index is 0.0216. The fourth-order valence-corrected chi connectivity index (χ4v) is 2.79. The zero-order chi connectivity index (χ0) is 17.3. The van der Waals surface area contributed by atoms with Gasteiger partial charge in [0.1, 0.15) is 12.4 Å². The highest BCUT2D eigenvalue weighted by atomic mass is 16.5. The number of nitrogens with zero attached hydrogens (tertiary/aromatic N) is 4. The number of fused-ring (bicyclic) bond motifs is 1. The first-order valence-corrected chi connectivity index (χ1v) is 7.88. The molecule has 2 aromatic rings. The quantitative estimate of drug-likeness (QED) is 0.866. The highest BCUT2D eigenvalue weighted by Crippen LogP contribution is 2.31. The maximum absolute atomic E-state index is 12.3. The summed E-state index contributed by atoms with van der Waals surface area (Å²) >= 11 is 0. The Bertz CT molecular complexity index is 864. The van der Waals surface area contributed by atoms with Gasteiger partial charge in [-0.1, -0.05) is 12.1 Å². The van der Waals surface area contributed by atoms with Crippen LogP contribution in [0.3, 0.4) is 0 Å². The van der Waals surface area contributed by atoms with Crippen LogP contribution >= 0.6 is 0 Å². The molecule has 0 saturated heterocycles. The van der Waals surface area contributed by atoms with Gasteiger partial charge in [0.15, 0.2) is 0 Å². The molecule has 1 aliphatic heterocycles. The van der Waals surface area contributed by atoms with Crippen molar-refractivity contribution in [2.75, 3.05) is 11.9 Å². The predicted molar refractivity (Wildman–Crippen MR) is 91.1 cm³/mol. The average Bonchev–Trinajstić information content (AvgIpc) is 2.57. The van der Waals surface area contributed by atoms with Gasteiger partial charge in [0, 0.05) is 25.2 Å². The molecule has 24 heavy (non-hydrogen) atoms. The first-order chi connectivity index (χ1) is 11.4. The van der Waals surface area contributed by atoms with Gasteiger partial charge in [-0.25, -0.2) is 4.79 Å². The molecule has 0 unspecified atom stereocenters. The number of nitriles is 1. The van der Waals surface area contributed by atoms with Crippen LogP contribution in [0.25, 0.3) is 0 Å². The molecule has 1 aromatic carbocycles. The van der Waals surface area contributed by atoms with Gasteiger partial charge in [0.05, 0.1) is 11.6 Å². The largest absolute Gasteiger partial charge is 0.473 e. The van der Waals surface area contributed by atoms with E-state index in [0.29, 0.717) is 18.0 Å². The van der Waals surface area contributed by atoms with Crippen LogP contribution < -0.4 is 15.3 Å². The van der Waals surface area contributed by atoms with Crippen LogP contribution in [0.2, 0.25) is 0 Å². The molecule has 0 aliphatic carbocycles. The Kier molecular flexibility index (Phi) is 4.02. The molecule has 0 saturated carbocycles. The first-order valence-electron chi connectivity index (χ1n) is 7.88. The van der Waals surface area contributed by atoms with Crippen LogP contribution in [-0.2, 0) is 13.2 Å². The Labute approximate surface area is 140 Å². The summed E-state index contributed by atoms with van der Waals surface area (Å²) in [7, 11) is 1.98. The molecular formula is C18H20N4O2. The van der Waals surface area contributed by atoms with Crippen LogP contribution in [0.15, 0.2) is 35.1 Å². The second-order valence-electron chi connectivity index (χ2n) is 6.61. The maximum Gasteiger partial charge on any atom is 0.352 e. The van der Waals surface area contributed by atoms with Gasteiger partial charge in [0.25, 0.3) is 0 Å². The van der Waals surface area contributed by atoms with Crippen molar-refractivity contribution in [3.05, 3.63) is 51.9 Å². The SMILES string of the molecule is CN1c2cc(OCc3cccc(C#N)c3)nc(=O)n2CCC1(C)C. The molecule has 0 atom stereocenters. The van der Waals surface area contributed by atoms with Crippen molar-refractivity contribution in [3.8, 4) is 11.9 Å². The van der Waals surface area contributed by atoms with Crippen molar-refractivity contribution in [1.29, 1.82) is 5.26 Å². The Morgan fingerprint density at radius 2 is 2.17 bits per heavy atom. The fourth-order valence-electron chi connectivity index (χ4n) is 2.79. The summed E-state index contributed by atoms with van der Waals surface area (Å²) in [4.78, 5) is 18.4. The molecule has 0 radical (unpaired) electrons. The van der Waals surface area contributed by atoms with E-state index in [9.17, 15) is 4.79 Å². The molecule has 0 amide bonds. The highest BCUT2D eigenvalue weighted by molar-refractivity contribution is 5.45. The summed E-state index contributed by atoms with van der Waals surface area (Å²) in [6, 6.07) is 11.1. The molecule has 0 fully saturated rings. The van der Waals surface area contributed by atoms with Crippen LogP contribution in [0.5, 0.6) is 5.88 Å². The summed E-state index contributed by atoms with van der Waals surface area (Å²) in [6.07, 6.45) is 0.888. The topological polar surface area (TPSA) is 71.2 Å². The lowest BCUT2D eigenvalue weighted by molar-refractivity contribution is 0.287. The smallest absolute Gasteiger partial charge is 0.352 e. The van der Waals surface area contributed by atoms with E-state index < -0.39 is 0 Å². The Morgan fingerprint density at radius 1 is 1.38 bits per heavy atom. The lowest BCUT2D eigenvalue weighted by Crippen LogP contribution is -2.49. The second-order valence-corrected chi connectivity index (χ2v) is 6.61. The van der Waals surface area contributed by atoms with E-state index in [0.717, 1.165) is 17.8 Å². The summed E-state index contributed by atoms with van der Waals surface area (Å²) < 4.78 is 7.37. The molecule has 2 heterocycles. The zero-order valence-corrected chi connectivity index (χ0v) is 14.1. The summed E-state index contributed by atoms with van der Waals surface area (Å²) in [5.41, 5.74) is 1.13. The van der Waals surface area contributed by atoms with Gasteiger partial charge in [-0.2, -0.15) is 10.2 Å². The standard InChI is InChI=1S/C18H20N4O2/c1-18(2)7-8-22-16(21(18)3)10-15(20-17(22)23)24-12-14-6-4-5-13(9-14)11-19/h4-6,9-10H,7-8,12H2,1-3H3. The van der Waals surface area contributed by atoms with Gasteiger partial charge in [-0.05, 0) is 38.0 Å². The van der Waals surface area contributed by atoms with Gasteiger partial charge >= 0.3 is 5.69 Å². The van der Waals surface area contributed by atoms with E-state index in [1.165, 1.54) is 0 Å². The maximum atomic E-state index is 12.3. The Hall–Kier alpha value is -2.81. The predicted octanol–water partition coefficient (Wildman–Crippen LogP) is 2.31. The lowest BCUT2D eigenvalue weighted by atomic mass is 9.96. The summed E-state index contributed by atoms with van der Waals surface area (Å²) in [5.74, 6) is 1.12. The minimum Gasteiger partial charge on any atom is -0.473 e. The molecule has 0 bridgehead atoms. The zero-order valence-electron chi connectivity index (χ0n) is 14.1. The minimum atomic E-state index is -0.296. The van der Waals surface area contributed by atoms with Gasteiger partial charge in [-0.3, -0.25) is 4.57 Å². The second kappa shape index (κ2) is 6.00. The van der Waals surface area contributed by atoms with E-state index in [1.54, 1.807) is 22.8 Å². The van der Waals surface area contributed by atoms with E-state index >= 15 is 0 Å². The first kappa shape index (κ1) is 16.1. The highest BCUT2D eigenvalue weighted by Gasteiger charge is 2.31. The lowest BCUT2D eigenvalue weighted by Gasteiger charge is -2.42. The molecule has 0 spiro atoms. The van der Waals surface area contributed by atoms with Gasteiger partial charge in [0.2, 0.25) is 5.88 Å². The molecule has 124 valence electrons. The fraction of sp³-hybridized carbons (Fsp3) is 0.389. The third-order valence-corrected chi connectivity index (χ3v) is 4.61. The number of hydrogen-bond donors (Lipinski definition) is 0. The average molecular weight is 324 g/mol. The molecule has 3 rings (SSSR count). The molecule has 6 nitrogen and oxygen atoms in total. The van der Waals surface area contributed by atoms with E-state index in [-0.39, 0.29) is 17.8 Å². The third kappa shape index (κ3) is 2.98. The van der Waals surface area contributed by atoms with Crippen molar-refractivity contribution in [2.24, 2.45) is 0 Å². The van der Waals surface area contributed by atoms with Crippen LogP contribution in [0, 0.1) is 11.3 Å². The summed E-state index contributed by atoms with van der Waals surface area (Å²) in [5, 5.41) is 8.94. The van der Waals surface area contributed by atoms with Gasteiger partial charge < -0.3 is 9.64 Å². The van der Waals surface area contributed by atoms with Crippen LogP contribution in [-0.4, -0.2) is 22.1 Å². The molecule has 6 heteroatoms. The van der Waals surface area contributed by atoms with Crippen LogP contribution in [0.1, 0.15) is 31.4 Å². The van der Waals surface area contributed by atoms with Crippen molar-refractivity contribution >= 4 is 5.82 Å². The molecule has 1 aromatic heterocycles. The Morgan fingerprint density at radius 3 is 2.92 bits per heavy atom. The van der Waals surface area contributed by atoms with Crippen molar-refractivity contribution in [3.63, 3.8) is 0 Å². The number of ether oxygens (including phenoxy) is 1. The van der Waals surface area contributed by atoms with E-state index in [1.807, 2.05) is 19.2 Å². The number of hydrogen-bond acceptors (Lipinski definition) is 5. The van der Waals surface area contributed by atoms with Gasteiger partial charge in [-0.15, -0.1) is 0 Å². The van der Waals surface area contributed by atoms with Crippen molar-refractivity contribution < 1.29 is 4.74 Å². The number of rotatable bonds is 3. The molecule has 0 N–H and O–H groups in total. The monoisotopic (exact) mass is 324 g/mol. The van der Waals surface area contributed by atoms with Crippen molar-refractivity contribution in [2.45, 2.75) is 39.0 Å². The Balaban J connectivity index is 1.85. The number of anilines is 1. The van der Waals surface area contributed by atoms with E-state index in [4.69, 9.17) is 10.00 Å². The normalized spacial score (nSPS) is 15.5. The number of aromatic nitrogens is 2. The summed E-state index contributed by atoms with van der Waals surface area (Å²) in [6.45, 7) is 5.21. The van der Waals surface area contributed by atoms with Crippen LogP contribution in [0.4, 0.5) is 5.82 Å². The molecular weight excluding hydrogens is 304 g/mol. The van der Waals surface area contributed by atoms with Crippen molar-refractivity contribution in [1.82, 2.24) is 9.55 Å². The van der Waals surface area contributed by atoms with E-state index in [2.05, 4.69) is 29.8 Å². The molecule has 1 aliphatic rings. The third-order valence-electron chi connectivity index (χ3n) is 4.61.